The van der Waals surface area contributed by atoms with Crippen LogP contribution in [0, 0.1) is 0 Å². The molecule has 0 fully saturated rings. The fraction of sp³-hybridized carbons (Fsp3) is 0.375. The maximum atomic E-state index is 10.0. The third-order valence-corrected chi connectivity index (χ3v) is 0.715. The summed E-state index contributed by atoms with van der Waals surface area (Å²) in [7, 11) is 0. The van der Waals surface area contributed by atoms with E-state index in [9.17, 15) is 14.4 Å². The van der Waals surface area contributed by atoms with Crippen LogP contribution in [0.3, 0.4) is 0 Å². The zero-order chi connectivity index (χ0) is 11.7. The molecule has 0 aromatic heterocycles. The van der Waals surface area contributed by atoms with Gasteiger partial charge < -0.3 is 15.3 Å². The Hall–Kier alpha value is -1.85. The highest BCUT2D eigenvalue weighted by Crippen LogP contribution is 1.82. The molecule has 0 spiro atoms. The summed E-state index contributed by atoms with van der Waals surface area (Å²) < 4.78 is 0. The van der Waals surface area contributed by atoms with Gasteiger partial charge in [-0.25, -0.2) is 0 Å². The Kier molecular flexibility index (Phi) is 8.15. The van der Waals surface area contributed by atoms with Gasteiger partial charge in [-0.1, -0.05) is 0 Å². The van der Waals surface area contributed by atoms with E-state index in [4.69, 9.17) is 15.3 Å². The van der Waals surface area contributed by atoms with Crippen LogP contribution in [0.4, 0.5) is 0 Å². The Labute approximate surface area is 80.5 Å². The van der Waals surface area contributed by atoms with Crippen molar-refractivity contribution in [2.45, 2.75) is 20.3 Å². The molecule has 0 bridgehead atoms. The van der Waals surface area contributed by atoms with Gasteiger partial charge in [0.05, 0.1) is 5.76 Å². The number of hydrogen-bond donors (Lipinski definition) is 3. The molecule has 0 aliphatic rings. The maximum Gasteiger partial charge on any atom is 0.314 e. The van der Waals surface area contributed by atoms with Crippen LogP contribution in [-0.2, 0) is 14.4 Å². The minimum absolute atomic E-state index is 0.0625. The number of ketones is 1. The number of carboxylic acid groups (broad SMARTS) is 2. The first-order valence-corrected chi connectivity index (χ1v) is 3.57. The predicted molar refractivity (Wildman–Crippen MR) is 47.0 cm³/mol. The summed E-state index contributed by atoms with van der Waals surface area (Å²) in [5.41, 5.74) is 0. The van der Waals surface area contributed by atoms with Crippen molar-refractivity contribution in [3.8, 4) is 0 Å². The number of aliphatic hydroxyl groups is 1. The van der Waals surface area contributed by atoms with E-state index in [0.29, 0.717) is 0 Å². The highest BCUT2D eigenvalue weighted by molar-refractivity contribution is 5.88. The Bertz CT molecular complexity index is 237. The summed E-state index contributed by atoms with van der Waals surface area (Å²) in [5.74, 6) is -2.69. The lowest BCUT2D eigenvalue weighted by Gasteiger charge is -1.80. The number of aliphatic hydroxyl groups excluding tert-OH is 1. The lowest BCUT2D eigenvalue weighted by Crippen LogP contribution is -2.03. The lowest BCUT2D eigenvalue weighted by molar-refractivity contribution is -0.147. The largest absolute Gasteiger partial charge is 0.512 e. The van der Waals surface area contributed by atoms with Crippen molar-refractivity contribution in [2.24, 2.45) is 0 Å². The molecule has 0 amide bonds. The van der Waals surface area contributed by atoms with Crippen molar-refractivity contribution in [3.05, 3.63) is 11.8 Å². The summed E-state index contributed by atoms with van der Waals surface area (Å²) in [5, 5.41) is 23.8. The van der Waals surface area contributed by atoms with Gasteiger partial charge >= 0.3 is 11.9 Å². The van der Waals surface area contributed by atoms with E-state index >= 15 is 0 Å². The molecular formula is C8H12O6. The second-order valence-corrected chi connectivity index (χ2v) is 2.36. The van der Waals surface area contributed by atoms with Gasteiger partial charge in [-0.2, -0.15) is 0 Å². The molecule has 0 heterocycles. The quantitative estimate of drug-likeness (QED) is 0.352. The number of carbonyl (C=O) groups excluding carboxylic acids is 1. The maximum absolute atomic E-state index is 10.0. The summed E-state index contributed by atoms with van der Waals surface area (Å²) >= 11 is 0. The average molecular weight is 204 g/mol. The highest BCUT2D eigenvalue weighted by atomic mass is 16.4. The van der Waals surface area contributed by atoms with Crippen molar-refractivity contribution >= 4 is 17.7 Å². The molecule has 0 aliphatic carbocycles. The van der Waals surface area contributed by atoms with Crippen molar-refractivity contribution in [1.82, 2.24) is 0 Å². The lowest BCUT2D eigenvalue weighted by atomic mass is 10.4. The predicted octanol–water partition coefficient (Wildman–Crippen LogP) is 0.583. The van der Waals surface area contributed by atoms with E-state index < -0.39 is 18.4 Å². The zero-order valence-electron chi connectivity index (χ0n) is 7.85. The molecular weight excluding hydrogens is 192 g/mol. The monoisotopic (exact) mass is 204 g/mol. The molecule has 14 heavy (non-hydrogen) atoms. The SMILES string of the molecule is CC(=O)/C=C(/C)O.O=C(O)CC(=O)O. The average Bonchev–Trinajstić information content (AvgIpc) is 1.79. The number of rotatable bonds is 3. The van der Waals surface area contributed by atoms with Crippen LogP contribution in [0.5, 0.6) is 0 Å². The molecule has 0 rings (SSSR count). The summed E-state index contributed by atoms with van der Waals surface area (Å²) in [4.78, 5) is 28.9. The van der Waals surface area contributed by atoms with Crippen LogP contribution in [0.1, 0.15) is 20.3 Å². The standard InChI is InChI=1S/C5H8O2.C3H4O4/c1-4(6)3-5(2)7;4-2(5)1-3(6)7/h3,6H,1-2H3;1H2,(H,4,5)(H,6,7)/b4-3-;. The van der Waals surface area contributed by atoms with E-state index in [-0.39, 0.29) is 11.5 Å². The summed E-state index contributed by atoms with van der Waals surface area (Å²) in [6.45, 7) is 2.85. The molecule has 0 radical (unpaired) electrons. The number of allylic oxidation sites excluding steroid dienone is 2. The fourth-order valence-electron chi connectivity index (χ4n) is 0.424. The Morgan fingerprint density at radius 2 is 1.36 bits per heavy atom. The van der Waals surface area contributed by atoms with Crippen LogP contribution in [0.15, 0.2) is 11.8 Å². The molecule has 0 aromatic carbocycles. The van der Waals surface area contributed by atoms with Gasteiger partial charge in [0.1, 0.15) is 6.42 Å². The first-order valence-electron chi connectivity index (χ1n) is 3.57. The molecule has 0 saturated heterocycles. The fourth-order valence-corrected chi connectivity index (χ4v) is 0.424. The zero-order valence-corrected chi connectivity index (χ0v) is 7.85. The molecule has 6 heteroatoms. The third-order valence-electron chi connectivity index (χ3n) is 0.715. The summed E-state index contributed by atoms with van der Waals surface area (Å²) in [6, 6.07) is 0. The van der Waals surface area contributed by atoms with E-state index in [1.165, 1.54) is 19.9 Å². The summed E-state index contributed by atoms with van der Waals surface area (Å²) in [6.07, 6.45) is 0.361. The molecule has 0 unspecified atom stereocenters. The van der Waals surface area contributed by atoms with Crippen LogP contribution in [0.25, 0.3) is 0 Å². The van der Waals surface area contributed by atoms with E-state index in [1.807, 2.05) is 0 Å². The number of hydrogen-bond acceptors (Lipinski definition) is 4. The number of aliphatic carboxylic acids is 2. The van der Waals surface area contributed by atoms with Crippen molar-refractivity contribution in [3.63, 3.8) is 0 Å². The van der Waals surface area contributed by atoms with Gasteiger partial charge in [-0.15, -0.1) is 0 Å². The van der Waals surface area contributed by atoms with Crippen LogP contribution in [-0.4, -0.2) is 33.0 Å². The Balaban J connectivity index is 0. The van der Waals surface area contributed by atoms with Crippen molar-refractivity contribution in [1.29, 1.82) is 0 Å². The van der Waals surface area contributed by atoms with Crippen molar-refractivity contribution < 1.29 is 29.7 Å². The Morgan fingerprint density at radius 1 is 1.00 bits per heavy atom. The smallest absolute Gasteiger partial charge is 0.314 e. The molecule has 6 nitrogen and oxygen atoms in total. The first kappa shape index (κ1) is 14.7. The topological polar surface area (TPSA) is 112 Å². The van der Waals surface area contributed by atoms with Gasteiger partial charge in [0.25, 0.3) is 0 Å². The van der Waals surface area contributed by atoms with Gasteiger partial charge in [-0.05, 0) is 13.8 Å². The molecule has 0 aliphatic heterocycles. The minimum atomic E-state index is -1.31. The highest BCUT2D eigenvalue weighted by Gasteiger charge is 2.01. The van der Waals surface area contributed by atoms with Crippen molar-refractivity contribution in [2.75, 3.05) is 0 Å². The first-order chi connectivity index (χ1) is 6.25. The molecule has 0 atom stereocenters. The normalized spacial score (nSPS) is 9.71. The van der Waals surface area contributed by atoms with Crippen LogP contribution in [0.2, 0.25) is 0 Å². The van der Waals surface area contributed by atoms with Crippen LogP contribution < -0.4 is 0 Å². The van der Waals surface area contributed by atoms with Gasteiger partial charge in [0.2, 0.25) is 0 Å². The molecule has 0 aromatic rings. The minimum Gasteiger partial charge on any atom is -0.512 e. The number of carboxylic acids is 2. The molecule has 3 N–H and O–H groups in total. The third kappa shape index (κ3) is 22.5. The number of carbonyl (C=O) groups is 3. The second kappa shape index (κ2) is 7.78. The van der Waals surface area contributed by atoms with E-state index in [2.05, 4.69) is 0 Å². The van der Waals surface area contributed by atoms with Gasteiger partial charge in [0, 0.05) is 6.08 Å². The molecule has 0 saturated carbocycles. The second-order valence-electron chi connectivity index (χ2n) is 2.36. The van der Waals surface area contributed by atoms with Gasteiger partial charge in [0.15, 0.2) is 5.78 Å². The van der Waals surface area contributed by atoms with Crippen LogP contribution >= 0.6 is 0 Å². The Morgan fingerprint density at radius 3 is 1.36 bits per heavy atom. The van der Waals surface area contributed by atoms with Gasteiger partial charge in [-0.3, -0.25) is 14.4 Å². The molecule has 80 valence electrons. The van der Waals surface area contributed by atoms with E-state index in [0.717, 1.165) is 0 Å². The van der Waals surface area contributed by atoms with E-state index in [1.54, 1.807) is 0 Å².